The number of rotatable bonds is 3. The molecule has 0 radical (unpaired) electrons. The van der Waals surface area contributed by atoms with E-state index in [0.717, 1.165) is 6.42 Å². The first kappa shape index (κ1) is 12.5. The summed E-state index contributed by atoms with van der Waals surface area (Å²) in [6, 6.07) is -0.417. The second kappa shape index (κ2) is 6.83. The van der Waals surface area contributed by atoms with Gasteiger partial charge in [-0.3, -0.25) is 4.79 Å². The van der Waals surface area contributed by atoms with Gasteiger partial charge in [0.05, 0.1) is 7.11 Å². The highest BCUT2D eigenvalue weighted by Crippen LogP contribution is 2.25. The summed E-state index contributed by atoms with van der Waals surface area (Å²) in [5, 5.41) is 0. The van der Waals surface area contributed by atoms with E-state index in [-0.39, 0.29) is 5.97 Å². The predicted molar refractivity (Wildman–Crippen MR) is 60.4 cm³/mol. The highest BCUT2D eigenvalue weighted by atomic mass is 16.5. The maximum atomic E-state index is 11.2. The summed E-state index contributed by atoms with van der Waals surface area (Å²) in [6.07, 6.45) is 9.88. The zero-order valence-electron chi connectivity index (χ0n) is 9.71. The maximum absolute atomic E-state index is 11.2. The van der Waals surface area contributed by atoms with Gasteiger partial charge >= 0.3 is 5.97 Å². The van der Waals surface area contributed by atoms with Crippen molar-refractivity contribution < 1.29 is 9.53 Å². The molecular weight excluding hydrogens is 190 g/mol. The lowest BCUT2D eigenvalue weighted by molar-refractivity contribution is -0.142. The van der Waals surface area contributed by atoms with E-state index in [2.05, 4.69) is 4.74 Å². The van der Waals surface area contributed by atoms with Crippen LogP contribution in [0.25, 0.3) is 0 Å². The van der Waals surface area contributed by atoms with Gasteiger partial charge in [-0.2, -0.15) is 0 Å². The van der Waals surface area contributed by atoms with Gasteiger partial charge in [-0.15, -0.1) is 0 Å². The molecule has 1 aliphatic rings. The Morgan fingerprint density at radius 1 is 1.27 bits per heavy atom. The van der Waals surface area contributed by atoms with Gasteiger partial charge in [0.25, 0.3) is 0 Å². The van der Waals surface area contributed by atoms with Gasteiger partial charge in [0.15, 0.2) is 0 Å². The van der Waals surface area contributed by atoms with Crippen LogP contribution in [0.3, 0.4) is 0 Å². The average Bonchev–Trinajstić information content (AvgIpc) is 2.20. The number of ether oxygens (including phenoxy) is 1. The molecule has 0 amide bonds. The van der Waals surface area contributed by atoms with E-state index in [4.69, 9.17) is 5.73 Å². The molecular formula is C12H23NO2. The fraction of sp³-hybridized carbons (Fsp3) is 0.917. The van der Waals surface area contributed by atoms with Gasteiger partial charge < -0.3 is 10.5 Å². The average molecular weight is 213 g/mol. The number of nitrogens with two attached hydrogens (primary N) is 1. The number of carbonyl (C=O) groups is 1. The third-order valence-electron chi connectivity index (χ3n) is 3.32. The van der Waals surface area contributed by atoms with Crippen LogP contribution in [-0.4, -0.2) is 19.1 Å². The van der Waals surface area contributed by atoms with Crippen LogP contribution in [0.4, 0.5) is 0 Å². The van der Waals surface area contributed by atoms with Crippen molar-refractivity contribution in [2.45, 2.75) is 57.4 Å². The first-order valence-corrected chi connectivity index (χ1v) is 6.07. The molecule has 0 aromatic carbocycles. The molecule has 0 unspecified atom stereocenters. The smallest absolute Gasteiger partial charge is 0.322 e. The monoisotopic (exact) mass is 213 g/mol. The molecule has 0 spiro atoms. The van der Waals surface area contributed by atoms with Crippen LogP contribution in [0.5, 0.6) is 0 Å². The summed E-state index contributed by atoms with van der Waals surface area (Å²) >= 11 is 0. The molecule has 3 nitrogen and oxygen atoms in total. The first-order chi connectivity index (χ1) is 7.24. The fourth-order valence-corrected chi connectivity index (χ4v) is 2.38. The summed E-state index contributed by atoms with van der Waals surface area (Å²) in [6.45, 7) is 0. The zero-order chi connectivity index (χ0) is 11.1. The van der Waals surface area contributed by atoms with E-state index in [0.29, 0.717) is 5.92 Å². The number of carbonyl (C=O) groups excluding carboxylic acids is 1. The Balaban J connectivity index is 2.31. The molecule has 0 aromatic heterocycles. The Bertz CT molecular complexity index is 186. The summed E-state index contributed by atoms with van der Waals surface area (Å²) in [7, 11) is 1.40. The van der Waals surface area contributed by atoms with Gasteiger partial charge in [0.1, 0.15) is 6.04 Å². The predicted octanol–water partition coefficient (Wildman–Crippen LogP) is 2.24. The molecule has 0 saturated heterocycles. The summed E-state index contributed by atoms with van der Waals surface area (Å²) in [5.41, 5.74) is 5.77. The highest BCUT2D eigenvalue weighted by molar-refractivity contribution is 5.75. The van der Waals surface area contributed by atoms with E-state index in [1.54, 1.807) is 0 Å². The number of methoxy groups -OCH3 is 1. The van der Waals surface area contributed by atoms with E-state index < -0.39 is 6.04 Å². The molecule has 2 N–H and O–H groups in total. The standard InChI is InChI=1S/C12H23NO2/c1-15-12(14)11(13)9-10-7-5-3-2-4-6-8-10/h10-11H,2-9,13H2,1H3/t11-/m0/s1. The van der Waals surface area contributed by atoms with E-state index in [9.17, 15) is 4.79 Å². The third-order valence-corrected chi connectivity index (χ3v) is 3.32. The molecule has 0 aliphatic heterocycles. The quantitative estimate of drug-likeness (QED) is 0.731. The summed E-state index contributed by atoms with van der Waals surface area (Å²) < 4.78 is 4.65. The highest BCUT2D eigenvalue weighted by Gasteiger charge is 2.20. The zero-order valence-corrected chi connectivity index (χ0v) is 9.71. The normalized spacial score (nSPS) is 21.5. The Kier molecular flexibility index (Phi) is 5.69. The van der Waals surface area contributed by atoms with E-state index in [1.165, 1.54) is 52.1 Å². The van der Waals surface area contributed by atoms with Crippen molar-refractivity contribution in [1.29, 1.82) is 0 Å². The molecule has 88 valence electrons. The minimum atomic E-state index is -0.417. The lowest BCUT2D eigenvalue weighted by Gasteiger charge is -2.21. The lowest BCUT2D eigenvalue weighted by atomic mass is 9.87. The van der Waals surface area contributed by atoms with Crippen molar-refractivity contribution in [3.8, 4) is 0 Å². The van der Waals surface area contributed by atoms with Crippen molar-refractivity contribution in [2.24, 2.45) is 11.7 Å². The summed E-state index contributed by atoms with van der Waals surface area (Å²) in [5.74, 6) is 0.358. The minimum absolute atomic E-state index is 0.267. The molecule has 15 heavy (non-hydrogen) atoms. The Labute approximate surface area is 92.4 Å². The van der Waals surface area contributed by atoms with Crippen LogP contribution >= 0.6 is 0 Å². The van der Waals surface area contributed by atoms with Gasteiger partial charge in [-0.25, -0.2) is 0 Å². The molecule has 3 heteroatoms. The molecule has 1 atom stereocenters. The second-order valence-corrected chi connectivity index (χ2v) is 4.58. The van der Waals surface area contributed by atoms with Crippen molar-refractivity contribution in [3.05, 3.63) is 0 Å². The van der Waals surface area contributed by atoms with Crippen LogP contribution in [0.2, 0.25) is 0 Å². The number of esters is 1. The van der Waals surface area contributed by atoms with Gasteiger partial charge in [0.2, 0.25) is 0 Å². The Morgan fingerprint density at radius 3 is 2.33 bits per heavy atom. The largest absolute Gasteiger partial charge is 0.468 e. The van der Waals surface area contributed by atoms with Crippen LogP contribution in [0.1, 0.15) is 51.4 Å². The molecule has 0 aromatic rings. The fourth-order valence-electron chi connectivity index (χ4n) is 2.38. The van der Waals surface area contributed by atoms with E-state index in [1.807, 2.05) is 0 Å². The minimum Gasteiger partial charge on any atom is -0.468 e. The van der Waals surface area contributed by atoms with Crippen LogP contribution in [0, 0.1) is 5.92 Å². The van der Waals surface area contributed by atoms with Crippen molar-refractivity contribution in [1.82, 2.24) is 0 Å². The molecule has 0 heterocycles. The number of hydrogen-bond donors (Lipinski definition) is 1. The van der Waals surface area contributed by atoms with Crippen molar-refractivity contribution in [2.75, 3.05) is 7.11 Å². The van der Waals surface area contributed by atoms with Gasteiger partial charge in [-0.05, 0) is 12.3 Å². The number of hydrogen-bond acceptors (Lipinski definition) is 3. The SMILES string of the molecule is COC(=O)[C@@H](N)CC1CCCCCCC1. The molecule has 1 saturated carbocycles. The first-order valence-electron chi connectivity index (χ1n) is 6.07. The van der Waals surface area contributed by atoms with Crippen molar-refractivity contribution >= 4 is 5.97 Å². The molecule has 1 rings (SSSR count). The third kappa shape index (κ3) is 4.65. The topological polar surface area (TPSA) is 52.3 Å². The lowest BCUT2D eigenvalue weighted by Crippen LogP contribution is -2.33. The molecule has 1 fully saturated rings. The maximum Gasteiger partial charge on any atom is 0.322 e. The van der Waals surface area contributed by atoms with Crippen LogP contribution < -0.4 is 5.73 Å². The van der Waals surface area contributed by atoms with Crippen LogP contribution in [-0.2, 0) is 9.53 Å². The van der Waals surface area contributed by atoms with E-state index >= 15 is 0 Å². The Morgan fingerprint density at radius 2 is 1.80 bits per heavy atom. The summed E-state index contributed by atoms with van der Waals surface area (Å²) in [4.78, 5) is 11.2. The Hall–Kier alpha value is -0.570. The molecule has 1 aliphatic carbocycles. The second-order valence-electron chi connectivity index (χ2n) is 4.58. The van der Waals surface area contributed by atoms with Crippen LogP contribution in [0.15, 0.2) is 0 Å². The van der Waals surface area contributed by atoms with Gasteiger partial charge in [0, 0.05) is 0 Å². The molecule has 0 bridgehead atoms. The van der Waals surface area contributed by atoms with Gasteiger partial charge in [-0.1, -0.05) is 44.9 Å². The van der Waals surface area contributed by atoms with Crippen molar-refractivity contribution in [3.63, 3.8) is 0 Å².